The summed E-state index contributed by atoms with van der Waals surface area (Å²) in [6.45, 7) is 0.434. The van der Waals surface area contributed by atoms with E-state index in [-0.39, 0.29) is 18.0 Å². The second kappa shape index (κ2) is 9.74. The summed E-state index contributed by atoms with van der Waals surface area (Å²) >= 11 is 0. The lowest BCUT2D eigenvalue weighted by atomic mass is 10.1. The van der Waals surface area contributed by atoms with E-state index in [1.807, 2.05) is 48.5 Å². The van der Waals surface area contributed by atoms with Crippen molar-refractivity contribution in [3.8, 4) is 0 Å². The fourth-order valence-electron chi connectivity index (χ4n) is 3.47. The minimum Gasteiger partial charge on any atom is -0.481 e. The molecule has 4 rings (SSSR count). The molecule has 0 aliphatic heterocycles. The summed E-state index contributed by atoms with van der Waals surface area (Å²) < 4.78 is 0. The molecular weight excluding hydrogens is 416 g/mol. The number of benzene rings is 3. The molecule has 0 aliphatic rings. The number of carboxylic acids is 1. The minimum absolute atomic E-state index is 0.0375. The molecule has 164 valence electrons. The summed E-state index contributed by atoms with van der Waals surface area (Å²) in [6, 6.07) is 24.1. The Balaban J connectivity index is 1.39. The van der Waals surface area contributed by atoms with Crippen molar-refractivity contribution in [2.75, 3.05) is 10.6 Å². The molecule has 4 N–H and O–H groups in total. The lowest BCUT2D eigenvalue weighted by molar-refractivity contribution is -0.135. The zero-order valence-corrected chi connectivity index (χ0v) is 17.7. The highest BCUT2D eigenvalue weighted by molar-refractivity contribution is 6.10. The highest BCUT2D eigenvalue weighted by Gasteiger charge is 2.11. The largest absolute Gasteiger partial charge is 0.481 e. The molecule has 0 radical (unpaired) electrons. The Morgan fingerprint density at radius 2 is 1.67 bits per heavy atom. The fourth-order valence-corrected chi connectivity index (χ4v) is 3.47. The number of carbonyl (C=O) groups excluding carboxylic acids is 1. The fraction of sp³-hybridized carbons (Fsp3) is 0.0769. The molecular formula is C26H22N4O3. The van der Waals surface area contributed by atoms with E-state index in [4.69, 9.17) is 10.5 Å². The first-order chi connectivity index (χ1) is 16.0. The standard InChI is InChI=1S/C26H22N4O3/c27-22(14-25(31)32)21-7-3-4-8-23(21)28-15-17-9-12-24(29-16-17)30-26(33)20-11-10-18-5-1-2-6-19(18)13-20/h1-13,16,27-28H,14-15H2,(H,31,32)(H,29,30,33). The van der Waals surface area contributed by atoms with Crippen molar-refractivity contribution < 1.29 is 14.7 Å². The Kier molecular flexibility index (Phi) is 6.40. The van der Waals surface area contributed by atoms with Gasteiger partial charge in [0.1, 0.15) is 5.82 Å². The van der Waals surface area contributed by atoms with Crippen molar-refractivity contribution in [1.82, 2.24) is 4.98 Å². The number of nitrogens with zero attached hydrogens (tertiary/aromatic N) is 1. The number of nitrogens with one attached hydrogen (secondary N) is 3. The van der Waals surface area contributed by atoms with E-state index in [0.717, 1.165) is 16.3 Å². The number of pyridine rings is 1. The van der Waals surface area contributed by atoms with Crippen LogP contribution in [0.1, 0.15) is 27.9 Å². The Bertz CT molecular complexity index is 1330. The van der Waals surface area contributed by atoms with E-state index in [9.17, 15) is 9.59 Å². The molecule has 3 aromatic carbocycles. The van der Waals surface area contributed by atoms with Crippen molar-refractivity contribution in [1.29, 1.82) is 5.41 Å². The van der Waals surface area contributed by atoms with Crippen LogP contribution < -0.4 is 10.6 Å². The van der Waals surface area contributed by atoms with Gasteiger partial charge in [0.15, 0.2) is 0 Å². The van der Waals surface area contributed by atoms with Gasteiger partial charge in [-0.1, -0.05) is 54.6 Å². The number of amides is 1. The number of fused-ring (bicyclic) bond motifs is 1. The van der Waals surface area contributed by atoms with Crippen molar-refractivity contribution in [2.24, 2.45) is 0 Å². The zero-order valence-electron chi connectivity index (χ0n) is 17.7. The van der Waals surface area contributed by atoms with Crippen LogP contribution >= 0.6 is 0 Å². The number of para-hydroxylation sites is 1. The Labute approximate surface area is 190 Å². The SMILES string of the molecule is N=C(CC(=O)O)c1ccccc1NCc1ccc(NC(=O)c2ccc3ccccc3c2)nc1. The van der Waals surface area contributed by atoms with Crippen LogP contribution in [0, 0.1) is 5.41 Å². The monoisotopic (exact) mass is 438 g/mol. The topological polar surface area (TPSA) is 115 Å². The van der Waals surface area contributed by atoms with Gasteiger partial charge >= 0.3 is 5.97 Å². The van der Waals surface area contributed by atoms with Crippen LogP contribution in [0.25, 0.3) is 10.8 Å². The van der Waals surface area contributed by atoms with Gasteiger partial charge in [-0.15, -0.1) is 0 Å². The molecule has 0 spiro atoms. The van der Waals surface area contributed by atoms with E-state index in [2.05, 4.69) is 15.6 Å². The van der Waals surface area contributed by atoms with E-state index in [1.165, 1.54) is 0 Å². The minimum atomic E-state index is -1.04. The molecule has 0 fully saturated rings. The number of aromatic nitrogens is 1. The van der Waals surface area contributed by atoms with Crippen LogP contribution in [-0.4, -0.2) is 27.7 Å². The van der Waals surface area contributed by atoms with Gasteiger partial charge < -0.3 is 21.1 Å². The van der Waals surface area contributed by atoms with Crippen molar-refractivity contribution in [3.05, 3.63) is 102 Å². The van der Waals surface area contributed by atoms with Crippen LogP contribution in [0.15, 0.2) is 85.1 Å². The van der Waals surface area contributed by atoms with Gasteiger partial charge in [-0.2, -0.15) is 0 Å². The van der Waals surface area contributed by atoms with E-state index < -0.39 is 5.97 Å². The number of hydrogen-bond donors (Lipinski definition) is 4. The third-order valence-corrected chi connectivity index (χ3v) is 5.14. The molecule has 7 heteroatoms. The molecule has 0 atom stereocenters. The molecule has 1 aromatic heterocycles. The highest BCUT2D eigenvalue weighted by Crippen LogP contribution is 2.19. The third kappa shape index (κ3) is 5.40. The molecule has 0 aliphatic carbocycles. The maximum absolute atomic E-state index is 12.6. The second-order valence-corrected chi connectivity index (χ2v) is 7.52. The molecule has 0 unspecified atom stereocenters. The average Bonchev–Trinajstić information content (AvgIpc) is 2.83. The molecule has 7 nitrogen and oxygen atoms in total. The summed E-state index contributed by atoms with van der Waals surface area (Å²) in [7, 11) is 0. The summed E-state index contributed by atoms with van der Waals surface area (Å²) in [6.07, 6.45) is 1.32. The average molecular weight is 438 g/mol. The molecule has 1 heterocycles. The number of aliphatic carboxylic acids is 1. The first-order valence-corrected chi connectivity index (χ1v) is 10.4. The van der Waals surface area contributed by atoms with Gasteiger partial charge in [0.2, 0.25) is 0 Å². The second-order valence-electron chi connectivity index (χ2n) is 7.52. The highest BCUT2D eigenvalue weighted by atomic mass is 16.4. The van der Waals surface area contributed by atoms with Crippen molar-refractivity contribution in [2.45, 2.75) is 13.0 Å². The molecule has 0 bridgehead atoms. The van der Waals surface area contributed by atoms with E-state index in [1.54, 1.807) is 36.5 Å². The van der Waals surface area contributed by atoms with Gasteiger partial charge in [-0.05, 0) is 40.6 Å². The molecule has 0 saturated carbocycles. The maximum atomic E-state index is 12.6. The summed E-state index contributed by atoms with van der Waals surface area (Å²) in [5.41, 5.74) is 2.69. The van der Waals surface area contributed by atoms with Gasteiger partial charge in [0, 0.05) is 29.6 Å². The number of hydrogen-bond acceptors (Lipinski definition) is 5. The summed E-state index contributed by atoms with van der Waals surface area (Å²) in [4.78, 5) is 27.9. The Hall–Kier alpha value is -4.52. The van der Waals surface area contributed by atoms with Crippen LogP contribution in [0.3, 0.4) is 0 Å². The summed E-state index contributed by atoms with van der Waals surface area (Å²) in [5.74, 6) is -0.828. The first-order valence-electron chi connectivity index (χ1n) is 10.4. The third-order valence-electron chi connectivity index (χ3n) is 5.14. The van der Waals surface area contributed by atoms with Crippen molar-refractivity contribution in [3.63, 3.8) is 0 Å². The molecule has 33 heavy (non-hydrogen) atoms. The van der Waals surface area contributed by atoms with Crippen LogP contribution in [0.2, 0.25) is 0 Å². The van der Waals surface area contributed by atoms with Gasteiger partial charge in [0.05, 0.1) is 12.1 Å². The van der Waals surface area contributed by atoms with Crippen molar-refractivity contribution >= 4 is 39.9 Å². The first kappa shape index (κ1) is 21.7. The number of carboxylic acid groups (broad SMARTS) is 1. The predicted molar refractivity (Wildman–Crippen MR) is 129 cm³/mol. The quantitative estimate of drug-likeness (QED) is 0.291. The number of rotatable bonds is 8. The van der Waals surface area contributed by atoms with Crippen LogP contribution in [0.5, 0.6) is 0 Å². The van der Waals surface area contributed by atoms with Gasteiger partial charge in [0.25, 0.3) is 5.91 Å². The lowest BCUT2D eigenvalue weighted by Gasteiger charge is -2.12. The normalized spacial score (nSPS) is 10.5. The number of anilines is 2. The van der Waals surface area contributed by atoms with Gasteiger partial charge in [-0.25, -0.2) is 4.98 Å². The molecule has 0 saturated heterocycles. The molecule has 4 aromatic rings. The molecule has 1 amide bonds. The van der Waals surface area contributed by atoms with E-state index >= 15 is 0 Å². The number of carbonyl (C=O) groups is 2. The van der Waals surface area contributed by atoms with Crippen LogP contribution in [0.4, 0.5) is 11.5 Å². The summed E-state index contributed by atoms with van der Waals surface area (Å²) in [5, 5.41) is 25.1. The van der Waals surface area contributed by atoms with Gasteiger partial charge in [-0.3, -0.25) is 9.59 Å². The Morgan fingerprint density at radius 1 is 0.909 bits per heavy atom. The zero-order chi connectivity index (χ0) is 23.2. The lowest BCUT2D eigenvalue weighted by Crippen LogP contribution is -2.13. The maximum Gasteiger partial charge on any atom is 0.309 e. The smallest absolute Gasteiger partial charge is 0.309 e. The van der Waals surface area contributed by atoms with Crippen LogP contribution in [-0.2, 0) is 11.3 Å². The van der Waals surface area contributed by atoms with E-state index in [0.29, 0.717) is 29.2 Å². The Morgan fingerprint density at radius 3 is 2.42 bits per heavy atom. The predicted octanol–water partition coefficient (Wildman–Crippen LogP) is 4.94.